The molecule has 0 fully saturated rings. The molecule has 0 aliphatic rings. The molecule has 0 unspecified atom stereocenters. The summed E-state index contributed by atoms with van der Waals surface area (Å²) < 4.78 is 0.270. The van der Waals surface area contributed by atoms with Crippen molar-refractivity contribution in [3.05, 3.63) is 20.1 Å². The maximum atomic E-state index is 10.6. The third-order valence-electron chi connectivity index (χ3n) is 0.770. The van der Waals surface area contributed by atoms with E-state index < -0.39 is 0 Å². The van der Waals surface area contributed by atoms with Crippen molar-refractivity contribution in [2.24, 2.45) is 0 Å². The molecule has 5 heteroatoms. The van der Waals surface area contributed by atoms with Crippen molar-refractivity contribution in [2.75, 3.05) is 0 Å². The summed E-state index contributed by atoms with van der Waals surface area (Å²) in [7, 11) is 0. The zero-order chi connectivity index (χ0) is 9.02. The van der Waals surface area contributed by atoms with Crippen LogP contribution >= 0.6 is 50.7 Å². The minimum atomic E-state index is -0.141. The first-order chi connectivity index (χ1) is 4.95. The Labute approximate surface area is 88.1 Å². The zero-order valence-corrected chi connectivity index (χ0v) is 9.35. The number of hydrogen-bond acceptors (Lipinski definition) is 1. The largest absolute Gasteiger partial charge is 0.294 e. The summed E-state index contributed by atoms with van der Waals surface area (Å²) in [5, 5.41) is 0.135. The van der Waals surface area contributed by atoms with Gasteiger partial charge in [0.15, 0.2) is 5.78 Å². The lowest BCUT2D eigenvalue weighted by molar-refractivity contribution is -0.112. The molecule has 0 bridgehead atoms. The van der Waals surface area contributed by atoms with E-state index in [2.05, 4.69) is 15.9 Å². The fourth-order valence-electron chi connectivity index (χ4n) is 0.267. The molecular weight excluding hydrogens is 274 g/mol. The number of halogens is 4. The highest BCUT2D eigenvalue weighted by Gasteiger charge is 2.01. The highest BCUT2D eigenvalue weighted by molar-refractivity contribution is 9.12. The quantitative estimate of drug-likeness (QED) is 0.555. The van der Waals surface area contributed by atoms with Crippen LogP contribution in [-0.4, -0.2) is 5.78 Å². The van der Waals surface area contributed by atoms with E-state index >= 15 is 0 Å². The Kier molecular flexibility index (Phi) is 5.44. The number of hydrogen-bond donors (Lipinski definition) is 0. The Balaban J connectivity index is 4.58. The molecule has 0 aliphatic carbocycles. The molecule has 0 atom stereocenters. The normalized spacial score (nSPS) is 11.2. The van der Waals surface area contributed by atoms with Gasteiger partial charge in [0.1, 0.15) is 4.49 Å². The maximum Gasteiger partial charge on any atom is 0.166 e. The van der Waals surface area contributed by atoms with Crippen LogP contribution in [0.15, 0.2) is 20.1 Å². The molecular formula is C6H4BrCl3O. The number of rotatable bonds is 2. The van der Waals surface area contributed by atoms with E-state index in [0.717, 1.165) is 0 Å². The summed E-state index contributed by atoms with van der Waals surface area (Å²) >= 11 is 19.1. The topological polar surface area (TPSA) is 17.1 Å². The van der Waals surface area contributed by atoms with Gasteiger partial charge in [0.05, 0.1) is 9.51 Å². The monoisotopic (exact) mass is 276 g/mol. The predicted molar refractivity (Wildman–Crippen MR) is 52.3 cm³/mol. The van der Waals surface area contributed by atoms with Crippen molar-refractivity contribution in [1.29, 1.82) is 0 Å². The number of ketones is 1. The molecule has 0 aromatic carbocycles. The molecule has 0 heterocycles. The molecule has 0 radical (unpaired) electrons. The standard InChI is InChI=1S/C6H4BrCl3O/c1-3(11)4(7)2-5(8)6(9)10/h2H,1H3/b4-2-. The van der Waals surface area contributed by atoms with Gasteiger partial charge in [-0.3, -0.25) is 4.79 Å². The minimum Gasteiger partial charge on any atom is -0.294 e. The Bertz CT molecular complexity index is 228. The van der Waals surface area contributed by atoms with Crippen LogP contribution in [0.3, 0.4) is 0 Å². The van der Waals surface area contributed by atoms with Gasteiger partial charge in [-0.05, 0) is 28.9 Å². The van der Waals surface area contributed by atoms with Crippen LogP contribution in [0.5, 0.6) is 0 Å². The highest BCUT2D eigenvalue weighted by atomic mass is 79.9. The average Bonchev–Trinajstić information content (AvgIpc) is 1.87. The summed E-state index contributed by atoms with van der Waals surface area (Å²) in [6.45, 7) is 1.40. The van der Waals surface area contributed by atoms with Gasteiger partial charge in [0.25, 0.3) is 0 Å². The predicted octanol–water partition coefficient (Wildman–Crippen LogP) is 3.74. The number of carbonyl (C=O) groups excluding carboxylic acids is 1. The van der Waals surface area contributed by atoms with Crippen LogP contribution < -0.4 is 0 Å². The van der Waals surface area contributed by atoms with Gasteiger partial charge < -0.3 is 0 Å². The lowest BCUT2D eigenvalue weighted by Gasteiger charge is -1.91. The van der Waals surface area contributed by atoms with Crippen molar-refractivity contribution in [3.8, 4) is 0 Å². The summed E-state index contributed by atoms with van der Waals surface area (Å²) in [6.07, 6.45) is 1.35. The third-order valence-corrected chi connectivity index (χ3v) is 2.46. The van der Waals surface area contributed by atoms with E-state index in [1.54, 1.807) is 0 Å². The van der Waals surface area contributed by atoms with E-state index in [1.165, 1.54) is 13.0 Å². The van der Waals surface area contributed by atoms with Gasteiger partial charge in [-0.1, -0.05) is 34.8 Å². The molecule has 0 saturated heterocycles. The molecule has 11 heavy (non-hydrogen) atoms. The van der Waals surface area contributed by atoms with Crippen LogP contribution in [0.25, 0.3) is 0 Å². The second-order valence-electron chi connectivity index (χ2n) is 1.66. The van der Waals surface area contributed by atoms with E-state index in [4.69, 9.17) is 34.8 Å². The molecule has 0 N–H and O–H groups in total. The Morgan fingerprint density at radius 1 is 1.36 bits per heavy atom. The molecule has 62 valence electrons. The fourth-order valence-corrected chi connectivity index (χ4v) is 0.846. The number of allylic oxidation sites excluding steroid dienone is 3. The fraction of sp³-hybridized carbons (Fsp3) is 0.167. The van der Waals surface area contributed by atoms with Crippen LogP contribution in [-0.2, 0) is 4.79 Å². The smallest absolute Gasteiger partial charge is 0.166 e. The van der Waals surface area contributed by atoms with Crippen LogP contribution in [0.4, 0.5) is 0 Å². The summed E-state index contributed by atoms with van der Waals surface area (Å²) in [5.41, 5.74) is 0. The van der Waals surface area contributed by atoms with Crippen LogP contribution in [0, 0.1) is 0 Å². The molecule has 1 nitrogen and oxygen atoms in total. The van der Waals surface area contributed by atoms with Gasteiger partial charge in [-0.25, -0.2) is 0 Å². The molecule has 0 aromatic rings. The maximum absolute atomic E-state index is 10.6. The van der Waals surface area contributed by atoms with Gasteiger partial charge in [0, 0.05) is 0 Å². The highest BCUT2D eigenvalue weighted by Crippen LogP contribution is 2.21. The minimum absolute atomic E-state index is 0.0649. The molecule has 0 amide bonds. The first-order valence-electron chi connectivity index (χ1n) is 2.54. The molecule has 0 aromatic heterocycles. The zero-order valence-electron chi connectivity index (χ0n) is 5.50. The number of carbonyl (C=O) groups is 1. The van der Waals surface area contributed by atoms with Crippen LogP contribution in [0.1, 0.15) is 6.92 Å². The summed E-state index contributed by atoms with van der Waals surface area (Å²) in [6, 6.07) is 0. The average molecular weight is 278 g/mol. The lowest BCUT2D eigenvalue weighted by atomic mass is 10.4. The summed E-state index contributed by atoms with van der Waals surface area (Å²) in [4.78, 5) is 10.6. The van der Waals surface area contributed by atoms with Gasteiger partial charge in [0.2, 0.25) is 0 Å². The van der Waals surface area contributed by atoms with Gasteiger partial charge in [-0.15, -0.1) is 0 Å². The Morgan fingerprint density at radius 3 is 2.09 bits per heavy atom. The van der Waals surface area contributed by atoms with Crippen molar-refractivity contribution < 1.29 is 4.79 Å². The van der Waals surface area contributed by atoms with Crippen LogP contribution in [0.2, 0.25) is 0 Å². The molecule has 0 saturated carbocycles. The second kappa shape index (κ2) is 5.20. The van der Waals surface area contributed by atoms with Crippen molar-refractivity contribution in [3.63, 3.8) is 0 Å². The van der Waals surface area contributed by atoms with Crippen molar-refractivity contribution >= 4 is 56.5 Å². The van der Waals surface area contributed by atoms with E-state index in [1.807, 2.05) is 0 Å². The van der Waals surface area contributed by atoms with Gasteiger partial charge >= 0.3 is 0 Å². The summed E-state index contributed by atoms with van der Waals surface area (Å²) in [5.74, 6) is -0.141. The third kappa shape index (κ3) is 4.86. The van der Waals surface area contributed by atoms with E-state index in [9.17, 15) is 4.79 Å². The van der Waals surface area contributed by atoms with Crippen molar-refractivity contribution in [2.45, 2.75) is 6.92 Å². The Hall–Kier alpha value is 0.500. The van der Waals surface area contributed by atoms with Gasteiger partial charge in [-0.2, -0.15) is 0 Å². The van der Waals surface area contributed by atoms with Crippen molar-refractivity contribution in [1.82, 2.24) is 0 Å². The molecule has 0 rings (SSSR count). The first kappa shape index (κ1) is 11.5. The number of Topliss-reactive ketones (excluding diaryl/α,β-unsaturated/α-hetero) is 1. The second-order valence-corrected chi connectivity index (χ2v) is 3.87. The lowest BCUT2D eigenvalue weighted by Crippen LogP contribution is -1.87. The first-order valence-corrected chi connectivity index (χ1v) is 4.46. The Morgan fingerprint density at radius 2 is 1.82 bits per heavy atom. The van der Waals surface area contributed by atoms with E-state index in [-0.39, 0.29) is 15.3 Å². The molecule has 0 aliphatic heterocycles. The molecule has 0 spiro atoms. The van der Waals surface area contributed by atoms with E-state index in [0.29, 0.717) is 4.48 Å². The SMILES string of the molecule is CC(=O)/C(Br)=C/C(Cl)=C(Cl)Cl.